The molecule has 182 valence electrons. The van der Waals surface area contributed by atoms with Crippen LogP contribution in [0.4, 0.5) is 0 Å². The first-order valence-electron chi connectivity index (χ1n) is 10.2. The number of rotatable bonds is 9. The third-order valence-corrected chi connectivity index (χ3v) is 7.19. The average Bonchev–Trinajstić information content (AvgIpc) is 2.85. The molecule has 3 aromatic rings. The SMILES string of the molecule is COC(=O)c1ccc(/C=N\NC(=O)CN(Cc2ccc(Cl)cc2Cl)S(=O)(=O)c2ccccc2)cc1. The molecule has 0 atom stereocenters. The van der Waals surface area contributed by atoms with Crippen molar-refractivity contribution in [1.29, 1.82) is 0 Å². The molecular formula is C24H21Cl2N3O5S. The number of halogens is 2. The zero-order valence-corrected chi connectivity index (χ0v) is 20.8. The minimum Gasteiger partial charge on any atom is -0.465 e. The van der Waals surface area contributed by atoms with E-state index in [0.29, 0.717) is 21.7 Å². The van der Waals surface area contributed by atoms with Gasteiger partial charge in [-0.1, -0.05) is 59.6 Å². The van der Waals surface area contributed by atoms with Crippen molar-refractivity contribution in [1.82, 2.24) is 9.73 Å². The molecule has 0 saturated heterocycles. The van der Waals surface area contributed by atoms with Gasteiger partial charge in [0.05, 0.1) is 30.3 Å². The van der Waals surface area contributed by atoms with Crippen molar-refractivity contribution in [3.63, 3.8) is 0 Å². The summed E-state index contributed by atoms with van der Waals surface area (Å²) in [5, 5.41) is 4.56. The van der Waals surface area contributed by atoms with Gasteiger partial charge < -0.3 is 4.74 Å². The van der Waals surface area contributed by atoms with Crippen LogP contribution in [-0.4, -0.2) is 44.5 Å². The highest BCUT2D eigenvalue weighted by Crippen LogP contribution is 2.25. The van der Waals surface area contributed by atoms with Crippen LogP contribution < -0.4 is 5.43 Å². The summed E-state index contributed by atoms with van der Waals surface area (Å²) in [6, 6.07) is 18.8. The standard InChI is InChI=1S/C24H21Cl2N3O5S/c1-34-24(31)18-9-7-17(8-10-18)14-27-28-23(30)16-29(15-19-11-12-20(25)13-22(19)26)35(32,33)21-5-3-2-4-6-21/h2-14H,15-16H2,1H3,(H,28,30)/b27-14-. The van der Waals surface area contributed by atoms with E-state index in [4.69, 9.17) is 23.2 Å². The third-order valence-electron chi connectivity index (χ3n) is 4.80. The normalized spacial score (nSPS) is 11.5. The fraction of sp³-hybridized carbons (Fsp3) is 0.125. The number of nitrogens with zero attached hydrogens (tertiary/aromatic N) is 2. The molecule has 1 N–H and O–H groups in total. The maximum absolute atomic E-state index is 13.3. The van der Waals surface area contributed by atoms with Gasteiger partial charge in [-0.15, -0.1) is 0 Å². The summed E-state index contributed by atoms with van der Waals surface area (Å²) in [4.78, 5) is 24.1. The summed E-state index contributed by atoms with van der Waals surface area (Å²) in [6.45, 7) is -0.659. The minimum atomic E-state index is -4.03. The fourth-order valence-corrected chi connectivity index (χ4v) is 4.87. The summed E-state index contributed by atoms with van der Waals surface area (Å²) >= 11 is 12.2. The zero-order chi connectivity index (χ0) is 25.4. The van der Waals surface area contributed by atoms with Crippen LogP contribution in [0.1, 0.15) is 21.5 Å². The van der Waals surface area contributed by atoms with E-state index in [0.717, 1.165) is 4.31 Å². The predicted molar refractivity (Wildman–Crippen MR) is 134 cm³/mol. The number of esters is 1. The Morgan fingerprint density at radius 1 is 1.03 bits per heavy atom. The Morgan fingerprint density at radius 3 is 2.34 bits per heavy atom. The van der Waals surface area contributed by atoms with Crippen molar-refractivity contribution in [2.24, 2.45) is 5.10 Å². The smallest absolute Gasteiger partial charge is 0.337 e. The molecule has 11 heteroatoms. The molecule has 0 aliphatic carbocycles. The maximum atomic E-state index is 13.3. The summed E-state index contributed by atoms with van der Waals surface area (Å²) < 4.78 is 32.2. The second-order valence-electron chi connectivity index (χ2n) is 7.23. The van der Waals surface area contributed by atoms with Crippen LogP contribution in [-0.2, 0) is 26.1 Å². The van der Waals surface area contributed by atoms with E-state index in [-0.39, 0.29) is 16.5 Å². The van der Waals surface area contributed by atoms with Gasteiger partial charge in [0, 0.05) is 16.6 Å². The molecule has 0 heterocycles. The summed E-state index contributed by atoms with van der Waals surface area (Å²) in [5.41, 5.74) is 3.79. The molecule has 0 spiro atoms. The van der Waals surface area contributed by atoms with Crippen LogP contribution >= 0.6 is 23.2 Å². The van der Waals surface area contributed by atoms with Gasteiger partial charge in [0.25, 0.3) is 5.91 Å². The molecule has 0 unspecified atom stereocenters. The Hall–Kier alpha value is -3.24. The number of nitrogens with one attached hydrogen (secondary N) is 1. The molecule has 1 amide bonds. The van der Waals surface area contributed by atoms with Gasteiger partial charge in [0.1, 0.15) is 0 Å². The van der Waals surface area contributed by atoms with Gasteiger partial charge in [-0.05, 0) is 47.5 Å². The number of benzene rings is 3. The molecule has 0 bridgehead atoms. The van der Waals surface area contributed by atoms with Crippen LogP contribution in [0.3, 0.4) is 0 Å². The van der Waals surface area contributed by atoms with E-state index in [1.54, 1.807) is 54.6 Å². The quantitative estimate of drug-likeness (QED) is 0.253. The molecule has 8 nitrogen and oxygen atoms in total. The largest absolute Gasteiger partial charge is 0.465 e. The second-order valence-corrected chi connectivity index (χ2v) is 10.0. The Morgan fingerprint density at radius 2 is 1.71 bits per heavy atom. The van der Waals surface area contributed by atoms with Gasteiger partial charge in [0.15, 0.2) is 0 Å². The fourth-order valence-electron chi connectivity index (χ4n) is 3.00. The number of ether oxygens (including phenoxy) is 1. The zero-order valence-electron chi connectivity index (χ0n) is 18.5. The number of carbonyl (C=O) groups is 2. The number of hydrazone groups is 1. The van der Waals surface area contributed by atoms with E-state index in [2.05, 4.69) is 15.3 Å². The number of carbonyl (C=O) groups excluding carboxylic acids is 2. The summed E-state index contributed by atoms with van der Waals surface area (Å²) in [6.07, 6.45) is 1.37. The average molecular weight is 534 g/mol. The van der Waals surface area contributed by atoms with Gasteiger partial charge >= 0.3 is 5.97 Å². The number of hydrogen-bond donors (Lipinski definition) is 1. The lowest BCUT2D eigenvalue weighted by atomic mass is 10.1. The lowest BCUT2D eigenvalue weighted by molar-refractivity contribution is -0.121. The lowest BCUT2D eigenvalue weighted by Gasteiger charge is -2.22. The first-order chi connectivity index (χ1) is 16.7. The van der Waals surface area contributed by atoms with Crippen molar-refractivity contribution in [3.8, 4) is 0 Å². The van der Waals surface area contributed by atoms with Crippen LogP contribution in [0.25, 0.3) is 0 Å². The Labute approximate surface area is 213 Å². The van der Waals surface area contributed by atoms with Gasteiger partial charge in [0.2, 0.25) is 10.0 Å². The second kappa shape index (κ2) is 11.9. The van der Waals surface area contributed by atoms with E-state index in [1.807, 2.05) is 0 Å². The first-order valence-corrected chi connectivity index (χ1v) is 12.4. The highest BCUT2D eigenvalue weighted by molar-refractivity contribution is 7.89. The summed E-state index contributed by atoms with van der Waals surface area (Å²) in [7, 11) is -2.74. The van der Waals surface area contributed by atoms with Crippen molar-refractivity contribution in [3.05, 3.63) is 99.5 Å². The summed E-state index contributed by atoms with van der Waals surface area (Å²) in [5.74, 6) is -1.13. The maximum Gasteiger partial charge on any atom is 0.337 e. The van der Waals surface area contributed by atoms with Crippen LogP contribution in [0.2, 0.25) is 10.0 Å². The van der Waals surface area contributed by atoms with Crippen molar-refractivity contribution in [2.75, 3.05) is 13.7 Å². The number of methoxy groups -OCH3 is 1. The number of sulfonamides is 1. The highest BCUT2D eigenvalue weighted by Gasteiger charge is 2.27. The topological polar surface area (TPSA) is 105 Å². The van der Waals surface area contributed by atoms with Crippen molar-refractivity contribution >= 4 is 51.3 Å². The number of amides is 1. The van der Waals surface area contributed by atoms with Crippen molar-refractivity contribution < 1.29 is 22.7 Å². The van der Waals surface area contributed by atoms with Gasteiger partial charge in [-0.2, -0.15) is 9.41 Å². The number of hydrogen-bond acceptors (Lipinski definition) is 6. The van der Waals surface area contributed by atoms with E-state index in [1.165, 1.54) is 31.5 Å². The van der Waals surface area contributed by atoms with Crippen LogP contribution in [0, 0.1) is 0 Å². The van der Waals surface area contributed by atoms with Gasteiger partial charge in [-0.25, -0.2) is 18.6 Å². The Balaban J connectivity index is 1.76. The van der Waals surface area contributed by atoms with Gasteiger partial charge in [-0.3, -0.25) is 4.79 Å². The van der Waals surface area contributed by atoms with Crippen molar-refractivity contribution in [2.45, 2.75) is 11.4 Å². The van der Waals surface area contributed by atoms with E-state index >= 15 is 0 Å². The molecule has 0 fully saturated rings. The van der Waals surface area contributed by atoms with Crippen LogP contribution in [0.5, 0.6) is 0 Å². The lowest BCUT2D eigenvalue weighted by Crippen LogP contribution is -2.39. The molecule has 0 saturated carbocycles. The Bertz CT molecular complexity index is 1330. The first kappa shape index (κ1) is 26.4. The molecular weight excluding hydrogens is 513 g/mol. The monoisotopic (exact) mass is 533 g/mol. The Kier molecular flexibility index (Phi) is 9.00. The molecule has 0 radical (unpaired) electrons. The molecule has 0 aromatic heterocycles. The van der Waals surface area contributed by atoms with Crippen LogP contribution in [0.15, 0.2) is 82.8 Å². The minimum absolute atomic E-state index is 0.0343. The third kappa shape index (κ3) is 7.12. The molecule has 0 aliphatic heterocycles. The molecule has 35 heavy (non-hydrogen) atoms. The van der Waals surface area contributed by atoms with E-state index in [9.17, 15) is 18.0 Å². The predicted octanol–water partition coefficient (Wildman–Crippen LogP) is 4.12. The molecule has 3 aromatic carbocycles. The highest BCUT2D eigenvalue weighted by atomic mass is 35.5. The molecule has 3 rings (SSSR count). The molecule has 0 aliphatic rings. The van der Waals surface area contributed by atoms with E-state index < -0.39 is 28.4 Å².